The lowest BCUT2D eigenvalue weighted by Crippen LogP contribution is -2.40. The Morgan fingerprint density at radius 2 is 1.93 bits per heavy atom. The molecule has 210 valence electrons. The number of alkyl halides is 3. The van der Waals surface area contributed by atoms with Crippen LogP contribution in [0.2, 0.25) is 0 Å². The van der Waals surface area contributed by atoms with Crippen molar-refractivity contribution < 1.29 is 32.9 Å². The first-order valence-electron chi connectivity index (χ1n) is 13.1. The van der Waals surface area contributed by atoms with Crippen molar-refractivity contribution in [2.75, 3.05) is 13.1 Å². The van der Waals surface area contributed by atoms with Gasteiger partial charge in [0.1, 0.15) is 23.6 Å². The number of aliphatic hydroxyl groups is 1. The molecule has 1 aliphatic carbocycles. The van der Waals surface area contributed by atoms with Gasteiger partial charge in [0.05, 0.1) is 11.6 Å². The van der Waals surface area contributed by atoms with E-state index in [4.69, 9.17) is 14.8 Å². The molecule has 4 aromatic rings. The fraction of sp³-hybridized carbons (Fsp3) is 0.407. The van der Waals surface area contributed by atoms with Crippen LogP contribution in [-0.2, 0) is 0 Å². The highest BCUT2D eigenvalue weighted by Gasteiger charge is 2.47. The third kappa shape index (κ3) is 5.13. The molecule has 2 fully saturated rings. The second-order valence-electron chi connectivity index (χ2n) is 10.3. The number of halogens is 3. The Morgan fingerprint density at radius 1 is 1.10 bits per heavy atom. The van der Waals surface area contributed by atoms with E-state index in [1.54, 1.807) is 12.1 Å². The van der Waals surface area contributed by atoms with E-state index in [0.717, 1.165) is 18.2 Å². The number of benzene rings is 1. The predicted molar refractivity (Wildman–Crippen MR) is 138 cm³/mol. The fourth-order valence-corrected chi connectivity index (χ4v) is 5.68. The molecule has 13 heteroatoms. The zero-order valence-electron chi connectivity index (χ0n) is 21.3. The average Bonchev–Trinajstić information content (AvgIpc) is 3.63. The molecular weight excluding hydrogens is 529 g/mol. The van der Waals surface area contributed by atoms with Crippen molar-refractivity contribution in [3.05, 3.63) is 54.2 Å². The topological polar surface area (TPSA) is 125 Å². The Labute approximate surface area is 226 Å². The number of likely N-dealkylation sites (tertiary alicyclic amines) is 1. The fourth-order valence-electron chi connectivity index (χ4n) is 5.68. The van der Waals surface area contributed by atoms with Gasteiger partial charge in [-0.3, -0.25) is 9.30 Å². The van der Waals surface area contributed by atoms with Crippen LogP contribution in [0, 0.1) is 0 Å². The van der Waals surface area contributed by atoms with Gasteiger partial charge in [-0.1, -0.05) is 12.1 Å². The van der Waals surface area contributed by atoms with Gasteiger partial charge in [0.25, 0.3) is 0 Å². The van der Waals surface area contributed by atoms with Gasteiger partial charge in [-0.25, -0.2) is 9.78 Å². The van der Waals surface area contributed by atoms with Gasteiger partial charge in [0.15, 0.2) is 11.5 Å². The van der Waals surface area contributed by atoms with E-state index < -0.39 is 30.5 Å². The molecule has 3 aromatic heterocycles. The highest BCUT2D eigenvalue weighted by atomic mass is 19.4. The quantitative estimate of drug-likeness (QED) is 0.323. The van der Waals surface area contributed by atoms with Crippen LogP contribution in [-0.4, -0.2) is 78.3 Å². The highest BCUT2D eigenvalue weighted by Crippen LogP contribution is 2.40. The van der Waals surface area contributed by atoms with Crippen molar-refractivity contribution >= 4 is 22.6 Å². The summed E-state index contributed by atoms with van der Waals surface area (Å²) in [5, 5.41) is 30.5. The van der Waals surface area contributed by atoms with Gasteiger partial charge in [0, 0.05) is 36.8 Å². The minimum atomic E-state index is -4.59. The minimum absolute atomic E-state index is 0.0105. The van der Waals surface area contributed by atoms with Gasteiger partial charge >= 0.3 is 12.3 Å². The van der Waals surface area contributed by atoms with Crippen LogP contribution in [0.4, 0.5) is 18.0 Å². The summed E-state index contributed by atoms with van der Waals surface area (Å²) < 4.78 is 50.4. The van der Waals surface area contributed by atoms with Crippen LogP contribution in [0.5, 0.6) is 5.75 Å². The van der Waals surface area contributed by atoms with E-state index >= 15 is 0 Å². The van der Waals surface area contributed by atoms with Crippen LogP contribution in [0.15, 0.2) is 48.7 Å². The molecule has 1 amide bonds. The highest BCUT2D eigenvalue weighted by molar-refractivity contribution is 5.82. The lowest BCUT2D eigenvalue weighted by molar-refractivity contribution is -0.184. The summed E-state index contributed by atoms with van der Waals surface area (Å²) in [7, 11) is 0. The number of amides is 1. The average molecular weight is 557 g/mol. The SMILES string of the molecule is O=C(O)N[C@H]1CCN([C@H](c2ccc3nnc(-c4ccc5ccc(OC6CCCC6O)cc5n4)n3c2)C(F)(F)F)C1. The third-order valence-electron chi connectivity index (χ3n) is 7.56. The van der Waals surface area contributed by atoms with Crippen LogP contribution in [0.25, 0.3) is 28.1 Å². The summed E-state index contributed by atoms with van der Waals surface area (Å²) in [5.41, 5.74) is 1.38. The first-order valence-corrected chi connectivity index (χ1v) is 13.1. The van der Waals surface area contributed by atoms with E-state index in [1.165, 1.54) is 27.6 Å². The number of rotatable bonds is 6. The van der Waals surface area contributed by atoms with Gasteiger partial charge in [-0.05, 0) is 55.5 Å². The molecule has 1 aliphatic heterocycles. The van der Waals surface area contributed by atoms with Gasteiger partial charge in [0.2, 0.25) is 0 Å². The maximum Gasteiger partial charge on any atom is 0.408 e. The summed E-state index contributed by atoms with van der Waals surface area (Å²) in [4.78, 5) is 16.9. The summed E-state index contributed by atoms with van der Waals surface area (Å²) in [6.07, 6.45) is -2.61. The van der Waals surface area contributed by atoms with Crippen molar-refractivity contribution in [2.24, 2.45) is 0 Å². The number of aromatic nitrogens is 4. The van der Waals surface area contributed by atoms with Gasteiger partial charge < -0.3 is 20.3 Å². The number of pyridine rings is 2. The van der Waals surface area contributed by atoms with Crippen molar-refractivity contribution in [2.45, 2.75) is 56.2 Å². The summed E-state index contributed by atoms with van der Waals surface area (Å²) in [5.74, 6) is 0.856. The summed E-state index contributed by atoms with van der Waals surface area (Å²) >= 11 is 0. The molecular formula is C27H27F3N6O4. The number of hydrogen-bond donors (Lipinski definition) is 3. The number of hydrogen-bond acceptors (Lipinski definition) is 7. The Bertz CT molecular complexity index is 1560. The molecule has 1 saturated heterocycles. The molecule has 10 nitrogen and oxygen atoms in total. The smallest absolute Gasteiger partial charge is 0.408 e. The maximum absolute atomic E-state index is 14.3. The number of nitrogens with one attached hydrogen (secondary N) is 1. The van der Waals surface area contributed by atoms with Crippen molar-refractivity contribution in [1.82, 2.24) is 29.8 Å². The number of fused-ring (bicyclic) bond motifs is 2. The Balaban J connectivity index is 1.33. The molecule has 2 aliphatic rings. The second-order valence-corrected chi connectivity index (χ2v) is 10.3. The van der Waals surface area contributed by atoms with E-state index in [0.29, 0.717) is 29.0 Å². The molecule has 40 heavy (non-hydrogen) atoms. The van der Waals surface area contributed by atoms with Crippen LogP contribution < -0.4 is 10.1 Å². The standard InChI is InChI=1S/C27H27F3N6O4/c28-27(29,30)24(35-11-10-17(14-35)31-26(38)39)16-6-9-23-33-34-25(36(23)13-16)19-8-5-15-4-7-18(12-20(15)32-19)40-22-3-1-2-21(22)37/h4-9,12-13,17,21-22,24,31,37H,1-3,10-11,14H2,(H,38,39)/t17-,21?,22?,24+/m0/s1. The zero-order valence-corrected chi connectivity index (χ0v) is 21.3. The minimum Gasteiger partial charge on any atom is -0.488 e. The van der Waals surface area contributed by atoms with E-state index in [2.05, 4.69) is 15.5 Å². The second kappa shape index (κ2) is 10.2. The molecule has 1 aromatic carbocycles. The van der Waals surface area contributed by atoms with Crippen LogP contribution in [0.1, 0.15) is 37.3 Å². The molecule has 0 spiro atoms. The van der Waals surface area contributed by atoms with Crippen molar-refractivity contribution in [3.8, 4) is 17.3 Å². The monoisotopic (exact) mass is 556 g/mol. The summed E-state index contributed by atoms with van der Waals surface area (Å²) in [6, 6.07) is 9.37. The largest absolute Gasteiger partial charge is 0.488 e. The first-order chi connectivity index (χ1) is 19.2. The Morgan fingerprint density at radius 3 is 2.67 bits per heavy atom. The number of ether oxygens (including phenoxy) is 1. The van der Waals surface area contributed by atoms with Crippen molar-refractivity contribution in [3.63, 3.8) is 0 Å². The van der Waals surface area contributed by atoms with Crippen molar-refractivity contribution in [1.29, 1.82) is 0 Å². The molecule has 2 unspecified atom stereocenters. The Kier molecular flexibility index (Phi) is 6.70. The molecule has 6 rings (SSSR count). The molecule has 4 atom stereocenters. The van der Waals surface area contributed by atoms with E-state index in [1.807, 2.05) is 18.2 Å². The molecule has 0 bridgehead atoms. The van der Waals surface area contributed by atoms with Crippen LogP contribution >= 0.6 is 0 Å². The Hall–Kier alpha value is -3.97. The molecule has 4 heterocycles. The van der Waals surface area contributed by atoms with Crippen LogP contribution in [0.3, 0.4) is 0 Å². The maximum atomic E-state index is 14.3. The number of nitrogens with zero attached hydrogens (tertiary/aromatic N) is 5. The number of aliphatic hydroxyl groups excluding tert-OH is 1. The lowest BCUT2D eigenvalue weighted by atomic mass is 10.1. The van der Waals surface area contributed by atoms with Gasteiger partial charge in [-0.15, -0.1) is 10.2 Å². The number of carboxylic acid groups (broad SMARTS) is 1. The lowest BCUT2D eigenvalue weighted by Gasteiger charge is -2.30. The predicted octanol–water partition coefficient (Wildman–Crippen LogP) is 4.18. The van der Waals surface area contributed by atoms with Gasteiger partial charge in [-0.2, -0.15) is 13.2 Å². The first kappa shape index (κ1) is 26.3. The normalized spacial score (nSPS) is 22.6. The van der Waals surface area contributed by atoms with E-state index in [9.17, 15) is 23.1 Å². The molecule has 1 saturated carbocycles. The zero-order chi connectivity index (χ0) is 28.0. The number of carbonyl (C=O) groups is 1. The van der Waals surface area contributed by atoms with E-state index in [-0.39, 0.29) is 37.0 Å². The molecule has 0 radical (unpaired) electrons. The third-order valence-corrected chi connectivity index (χ3v) is 7.56. The molecule has 3 N–H and O–H groups in total. The summed E-state index contributed by atoms with van der Waals surface area (Å²) in [6.45, 7) is 0.0365.